The Balaban J connectivity index is 1.59. The van der Waals surface area contributed by atoms with Gasteiger partial charge in [-0.05, 0) is 43.7 Å². The summed E-state index contributed by atoms with van der Waals surface area (Å²) in [6.45, 7) is 3.28. The third kappa shape index (κ3) is 2.77. The fraction of sp³-hybridized carbons (Fsp3) is 0.143. The number of rotatable bonds is 3. The minimum Gasteiger partial charge on any atom is -0.423 e. The second-order valence-electron chi connectivity index (χ2n) is 6.65. The lowest BCUT2D eigenvalue weighted by atomic mass is 10.1. The molecular weight excluding hydrogens is 360 g/mol. The Morgan fingerprint density at radius 2 is 1.64 bits per heavy atom. The Kier molecular flexibility index (Phi) is 4.07. The van der Waals surface area contributed by atoms with Gasteiger partial charge in [0.15, 0.2) is 0 Å². The molecule has 1 aliphatic heterocycles. The number of carbonyl (C=O) groups excluding carboxylic acids is 3. The maximum atomic E-state index is 12.7. The van der Waals surface area contributed by atoms with Crippen molar-refractivity contribution in [3.8, 4) is 0 Å². The van der Waals surface area contributed by atoms with Crippen molar-refractivity contribution in [1.29, 1.82) is 0 Å². The van der Waals surface area contributed by atoms with Crippen LogP contribution in [0.25, 0.3) is 11.0 Å². The molecule has 1 atom stereocenters. The lowest BCUT2D eigenvalue weighted by molar-refractivity contribution is -0.119. The van der Waals surface area contributed by atoms with Gasteiger partial charge in [-0.1, -0.05) is 12.1 Å². The molecule has 0 saturated carbocycles. The van der Waals surface area contributed by atoms with Gasteiger partial charge in [0.1, 0.15) is 11.6 Å². The van der Waals surface area contributed by atoms with E-state index in [1.807, 2.05) is 0 Å². The van der Waals surface area contributed by atoms with Crippen LogP contribution in [-0.4, -0.2) is 28.7 Å². The topological polar surface area (TPSA) is 96.7 Å². The largest absolute Gasteiger partial charge is 0.423 e. The van der Waals surface area contributed by atoms with Crippen molar-refractivity contribution in [1.82, 2.24) is 4.90 Å². The third-order valence-corrected chi connectivity index (χ3v) is 4.81. The summed E-state index contributed by atoms with van der Waals surface area (Å²) in [6, 6.07) is 11.8. The van der Waals surface area contributed by atoms with Crippen LogP contribution in [0.5, 0.6) is 0 Å². The molecule has 2 heterocycles. The van der Waals surface area contributed by atoms with Gasteiger partial charge in [0.2, 0.25) is 5.91 Å². The lowest BCUT2D eigenvalue weighted by Crippen LogP contribution is -2.45. The Hall–Kier alpha value is -3.74. The van der Waals surface area contributed by atoms with Crippen LogP contribution in [0.2, 0.25) is 0 Å². The van der Waals surface area contributed by atoms with Crippen molar-refractivity contribution >= 4 is 34.4 Å². The summed E-state index contributed by atoms with van der Waals surface area (Å²) < 4.78 is 5.18. The number of carbonyl (C=O) groups is 3. The summed E-state index contributed by atoms with van der Waals surface area (Å²) in [7, 11) is 0. The van der Waals surface area contributed by atoms with Crippen LogP contribution >= 0.6 is 0 Å². The Bertz CT molecular complexity index is 1180. The van der Waals surface area contributed by atoms with E-state index in [2.05, 4.69) is 5.32 Å². The fourth-order valence-corrected chi connectivity index (χ4v) is 3.33. The van der Waals surface area contributed by atoms with Crippen molar-refractivity contribution in [2.75, 3.05) is 5.32 Å². The second kappa shape index (κ2) is 6.45. The van der Waals surface area contributed by atoms with Crippen molar-refractivity contribution in [2.45, 2.75) is 19.9 Å². The number of imide groups is 1. The van der Waals surface area contributed by atoms with Gasteiger partial charge in [-0.15, -0.1) is 0 Å². The average Bonchev–Trinajstić information content (AvgIpc) is 2.91. The monoisotopic (exact) mass is 376 g/mol. The van der Waals surface area contributed by atoms with Crippen molar-refractivity contribution in [2.24, 2.45) is 0 Å². The summed E-state index contributed by atoms with van der Waals surface area (Å²) >= 11 is 0. The van der Waals surface area contributed by atoms with E-state index in [1.54, 1.807) is 43.3 Å². The van der Waals surface area contributed by atoms with Crippen molar-refractivity contribution in [3.05, 3.63) is 75.6 Å². The first-order chi connectivity index (χ1) is 13.4. The Labute approximate surface area is 159 Å². The highest BCUT2D eigenvalue weighted by atomic mass is 16.4. The molecule has 1 aromatic heterocycles. The van der Waals surface area contributed by atoms with Gasteiger partial charge >= 0.3 is 5.63 Å². The molecule has 4 rings (SSSR count). The molecule has 3 aromatic rings. The Morgan fingerprint density at radius 3 is 2.29 bits per heavy atom. The first kappa shape index (κ1) is 17.7. The minimum atomic E-state index is -1.01. The molecule has 0 bridgehead atoms. The summed E-state index contributed by atoms with van der Waals surface area (Å²) in [5.41, 5.74) is 1.60. The highest BCUT2D eigenvalue weighted by Crippen LogP contribution is 2.25. The van der Waals surface area contributed by atoms with Crippen LogP contribution in [0.1, 0.15) is 33.2 Å². The zero-order valence-electron chi connectivity index (χ0n) is 15.2. The molecule has 0 saturated heterocycles. The van der Waals surface area contributed by atoms with Gasteiger partial charge in [-0.3, -0.25) is 19.3 Å². The second-order valence-corrected chi connectivity index (χ2v) is 6.65. The molecule has 7 nitrogen and oxygen atoms in total. The molecule has 7 heteroatoms. The average molecular weight is 376 g/mol. The molecule has 1 N–H and O–H groups in total. The molecule has 3 amide bonds. The smallest absolute Gasteiger partial charge is 0.336 e. The molecule has 0 fully saturated rings. The fourth-order valence-electron chi connectivity index (χ4n) is 3.33. The molecule has 0 unspecified atom stereocenters. The molecule has 2 aromatic carbocycles. The van der Waals surface area contributed by atoms with E-state index in [9.17, 15) is 19.2 Å². The van der Waals surface area contributed by atoms with E-state index in [0.717, 1.165) is 15.8 Å². The minimum absolute atomic E-state index is 0.287. The molecule has 28 heavy (non-hydrogen) atoms. The van der Waals surface area contributed by atoms with Gasteiger partial charge in [0.05, 0.1) is 11.1 Å². The maximum absolute atomic E-state index is 12.7. The van der Waals surface area contributed by atoms with E-state index in [0.29, 0.717) is 11.3 Å². The van der Waals surface area contributed by atoms with E-state index >= 15 is 0 Å². The highest BCUT2D eigenvalue weighted by molar-refractivity contribution is 6.23. The third-order valence-electron chi connectivity index (χ3n) is 4.81. The Morgan fingerprint density at radius 1 is 1.00 bits per heavy atom. The quantitative estimate of drug-likeness (QED) is 0.560. The van der Waals surface area contributed by atoms with Gasteiger partial charge in [-0.2, -0.15) is 0 Å². The summed E-state index contributed by atoms with van der Waals surface area (Å²) in [5.74, 6) is -1.52. The predicted molar refractivity (Wildman–Crippen MR) is 102 cm³/mol. The number of aryl methyl sites for hydroxylation is 1. The number of fused-ring (bicyclic) bond motifs is 2. The molecule has 0 spiro atoms. The lowest BCUT2D eigenvalue weighted by Gasteiger charge is -2.21. The first-order valence-electron chi connectivity index (χ1n) is 8.69. The zero-order valence-corrected chi connectivity index (χ0v) is 15.2. The summed E-state index contributed by atoms with van der Waals surface area (Å²) in [6.07, 6.45) is 0. The van der Waals surface area contributed by atoms with Gasteiger partial charge in [-0.25, -0.2) is 4.79 Å². The molecule has 1 aliphatic rings. The number of benzene rings is 2. The van der Waals surface area contributed by atoms with Gasteiger partial charge in [0.25, 0.3) is 11.8 Å². The van der Waals surface area contributed by atoms with Crippen LogP contribution in [0.4, 0.5) is 5.69 Å². The van der Waals surface area contributed by atoms with Crippen LogP contribution in [0, 0.1) is 6.92 Å². The molecule has 140 valence electrons. The van der Waals surface area contributed by atoms with Crippen LogP contribution in [0.15, 0.2) is 57.7 Å². The number of hydrogen-bond donors (Lipinski definition) is 1. The van der Waals surface area contributed by atoms with E-state index in [-0.39, 0.29) is 11.1 Å². The van der Waals surface area contributed by atoms with Gasteiger partial charge < -0.3 is 9.73 Å². The number of nitrogens with one attached hydrogen (secondary N) is 1. The number of nitrogens with zero attached hydrogens (tertiary/aromatic N) is 1. The van der Waals surface area contributed by atoms with Crippen molar-refractivity contribution < 1.29 is 18.8 Å². The maximum Gasteiger partial charge on any atom is 0.336 e. The number of amides is 3. The predicted octanol–water partition coefficient (Wildman–Crippen LogP) is 2.72. The van der Waals surface area contributed by atoms with E-state index in [1.165, 1.54) is 19.1 Å². The molecular formula is C21H16N2O5. The normalized spacial score (nSPS) is 14.3. The van der Waals surface area contributed by atoms with E-state index in [4.69, 9.17) is 4.42 Å². The zero-order chi connectivity index (χ0) is 20.0. The highest BCUT2D eigenvalue weighted by Gasteiger charge is 2.40. The van der Waals surface area contributed by atoms with Crippen LogP contribution in [-0.2, 0) is 4.79 Å². The standard InChI is InChI=1S/C21H16N2O5/c1-11-9-18(24)28-17-10-13(7-8-14(11)17)22-19(25)12(2)23-20(26)15-5-3-4-6-16(15)21(23)27/h3-10,12H,1-2H3,(H,22,25)/t12-/m0/s1. The first-order valence-corrected chi connectivity index (χ1v) is 8.69. The number of hydrogen-bond acceptors (Lipinski definition) is 5. The van der Waals surface area contributed by atoms with Crippen molar-refractivity contribution in [3.63, 3.8) is 0 Å². The van der Waals surface area contributed by atoms with Crippen LogP contribution < -0.4 is 10.9 Å². The van der Waals surface area contributed by atoms with E-state index < -0.39 is 29.4 Å². The molecule has 0 aliphatic carbocycles. The summed E-state index contributed by atoms with van der Waals surface area (Å²) in [5, 5.41) is 3.43. The van der Waals surface area contributed by atoms with Gasteiger partial charge in [0, 0.05) is 23.2 Å². The summed E-state index contributed by atoms with van der Waals surface area (Å²) in [4.78, 5) is 50.2. The van der Waals surface area contributed by atoms with Crippen LogP contribution in [0.3, 0.4) is 0 Å². The number of anilines is 1. The SMILES string of the molecule is Cc1cc(=O)oc2cc(NC(=O)[C@H](C)N3C(=O)c4ccccc4C3=O)ccc12. The molecule has 0 radical (unpaired) electrons.